The molecule has 1 aromatic rings. The van der Waals surface area contributed by atoms with E-state index in [4.69, 9.17) is 4.74 Å². The van der Waals surface area contributed by atoms with Gasteiger partial charge in [-0.1, -0.05) is 6.92 Å². The summed E-state index contributed by atoms with van der Waals surface area (Å²) >= 11 is 0. The Balaban J connectivity index is 2.68. The maximum atomic E-state index is 12.4. The molecule has 0 atom stereocenters. The van der Waals surface area contributed by atoms with Gasteiger partial charge in [-0.25, -0.2) is 4.98 Å². The van der Waals surface area contributed by atoms with E-state index in [0.29, 0.717) is 31.9 Å². The van der Waals surface area contributed by atoms with Gasteiger partial charge in [-0.05, 0) is 32.4 Å². The standard InChI is InChI=1S/C15H25N3O2/c1-4-8-16-14-12-13(7-9-17-14)15(19)18(5-2)10-11-20-6-3/h7,9,12H,4-6,8,10-11H2,1-3H3,(H,16,17). The van der Waals surface area contributed by atoms with Crippen LogP contribution in [0.4, 0.5) is 5.82 Å². The summed E-state index contributed by atoms with van der Waals surface area (Å²) in [6.45, 7) is 9.40. The summed E-state index contributed by atoms with van der Waals surface area (Å²) in [4.78, 5) is 18.4. The lowest BCUT2D eigenvalue weighted by Gasteiger charge is -2.21. The Hall–Kier alpha value is -1.62. The van der Waals surface area contributed by atoms with Gasteiger partial charge in [0.2, 0.25) is 0 Å². The molecular weight excluding hydrogens is 254 g/mol. The second-order valence-electron chi connectivity index (χ2n) is 4.44. The molecule has 0 aliphatic carbocycles. The third-order valence-electron chi connectivity index (χ3n) is 2.94. The predicted molar refractivity (Wildman–Crippen MR) is 81.1 cm³/mol. The van der Waals surface area contributed by atoms with Crippen molar-refractivity contribution >= 4 is 11.7 Å². The van der Waals surface area contributed by atoms with Gasteiger partial charge in [-0.15, -0.1) is 0 Å². The number of hydrogen-bond acceptors (Lipinski definition) is 4. The van der Waals surface area contributed by atoms with Crippen LogP contribution < -0.4 is 5.32 Å². The van der Waals surface area contributed by atoms with Gasteiger partial charge in [0.05, 0.1) is 6.61 Å². The molecule has 0 aromatic carbocycles. The Bertz CT molecular complexity index is 410. The van der Waals surface area contributed by atoms with Gasteiger partial charge in [0.15, 0.2) is 0 Å². The van der Waals surface area contributed by atoms with Gasteiger partial charge in [-0.2, -0.15) is 0 Å². The lowest BCUT2D eigenvalue weighted by molar-refractivity contribution is 0.0669. The molecule has 0 unspecified atom stereocenters. The van der Waals surface area contributed by atoms with Crippen LogP contribution in [0.3, 0.4) is 0 Å². The van der Waals surface area contributed by atoms with Crippen molar-refractivity contribution in [1.82, 2.24) is 9.88 Å². The summed E-state index contributed by atoms with van der Waals surface area (Å²) in [5.41, 5.74) is 0.664. The van der Waals surface area contributed by atoms with E-state index in [9.17, 15) is 4.79 Å². The number of nitrogens with zero attached hydrogens (tertiary/aromatic N) is 2. The fourth-order valence-electron chi connectivity index (χ4n) is 1.82. The molecule has 5 nitrogen and oxygen atoms in total. The predicted octanol–water partition coefficient (Wildman–Crippen LogP) is 2.40. The van der Waals surface area contributed by atoms with E-state index in [1.54, 1.807) is 23.2 Å². The van der Waals surface area contributed by atoms with E-state index >= 15 is 0 Å². The Kier molecular flexibility index (Phi) is 7.65. The summed E-state index contributed by atoms with van der Waals surface area (Å²) in [5, 5.41) is 3.19. The molecule has 0 saturated carbocycles. The number of pyridine rings is 1. The smallest absolute Gasteiger partial charge is 0.254 e. The van der Waals surface area contributed by atoms with E-state index in [1.807, 2.05) is 13.8 Å². The third kappa shape index (κ3) is 5.17. The van der Waals surface area contributed by atoms with Gasteiger partial charge in [0.25, 0.3) is 5.91 Å². The molecule has 0 aliphatic heterocycles. The Labute approximate surface area is 121 Å². The van der Waals surface area contributed by atoms with Crippen molar-refractivity contribution in [3.8, 4) is 0 Å². The number of anilines is 1. The number of aromatic nitrogens is 1. The van der Waals surface area contributed by atoms with E-state index in [2.05, 4.69) is 17.2 Å². The fourth-order valence-corrected chi connectivity index (χ4v) is 1.82. The van der Waals surface area contributed by atoms with Crippen LogP contribution >= 0.6 is 0 Å². The topological polar surface area (TPSA) is 54.5 Å². The SMILES string of the molecule is CCCNc1cc(C(=O)N(CC)CCOCC)ccn1. The van der Waals surface area contributed by atoms with Crippen molar-refractivity contribution in [1.29, 1.82) is 0 Å². The normalized spacial score (nSPS) is 10.3. The zero-order valence-electron chi connectivity index (χ0n) is 12.7. The summed E-state index contributed by atoms with van der Waals surface area (Å²) < 4.78 is 5.31. The van der Waals surface area contributed by atoms with Gasteiger partial charge in [0.1, 0.15) is 5.82 Å². The summed E-state index contributed by atoms with van der Waals surface area (Å²) in [6.07, 6.45) is 2.69. The highest BCUT2D eigenvalue weighted by Gasteiger charge is 2.14. The van der Waals surface area contributed by atoms with Crippen LogP contribution in [0.25, 0.3) is 0 Å². The highest BCUT2D eigenvalue weighted by atomic mass is 16.5. The number of carbonyl (C=O) groups excluding carboxylic acids is 1. The van der Waals surface area contributed by atoms with Gasteiger partial charge < -0.3 is 15.0 Å². The fraction of sp³-hybridized carbons (Fsp3) is 0.600. The zero-order chi connectivity index (χ0) is 14.8. The lowest BCUT2D eigenvalue weighted by atomic mass is 10.2. The van der Waals surface area contributed by atoms with Crippen molar-refractivity contribution in [3.63, 3.8) is 0 Å². The quantitative estimate of drug-likeness (QED) is 0.705. The number of nitrogens with one attached hydrogen (secondary N) is 1. The number of carbonyl (C=O) groups is 1. The first-order valence-electron chi connectivity index (χ1n) is 7.29. The molecule has 1 rings (SSSR count). The molecule has 1 N–H and O–H groups in total. The Morgan fingerprint density at radius 3 is 2.85 bits per heavy atom. The Morgan fingerprint density at radius 1 is 1.40 bits per heavy atom. The van der Waals surface area contributed by atoms with Crippen molar-refractivity contribution in [2.75, 3.05) is 38.2 Å². The molecule has 0 saturated heterocycles. The summed E-state index contributed by atoms with van der Waals surface area (Å²) in [6, 6.07) is 3.56. The number of ether oxygens (including phenoxy) is 1. The first-order valence-corrected chi connectivity index (χ1v) is 7.29. The minimum atomic E-state index is 0.0224. The maximum absolute atomic E-state index is 12.4. The molecule has 0 aliphatic rings. The third-order valence-corrected chi connectivity index (χ3v) is 2.94. The van der Waals surface area contributed by atoms with Gasteiger partial charge in [-0.3, -0.25) is 4.79 Å². The minimum absolute atomic E-state index is 0.0224. The average Bonchev–Trinajstić information content (AvgIpc) is 2.49. The monoisotopic (exact) mass is 279 g/mol. The zero-order valence-corrected chi connectivity index (χ0v) is 12.7. The number of rotatable bonds is 9. The van der Waals surface area contributed by atoms with Crippen molar-refractivity contribution in [2.45, 2.75) is 27.2 Å². The molecule has 112 valence electrons. The first-order chi connectivity index (χ1) is 9.72. The lowest BCUT2D eigenvalue weighted by Crippen LogP contribution is -2.34. The Morgan fingerprint density at radius 2 is 2.20 bits per heavy atom. The molecule has 5 heteroatoms. The van der Waals surface area contributed by atoms with Crippen molar-refractivity contribution < 1.29 is 9.53 Å². The highest BCUT2D eigenvalue weighted by molar-refractivity contribution is 5.94. The number of amides is 1. The number of likely N-dealkylation sites (N-methyl/N-ethyl adjacent to an activating group) is 1. The largest absolute Gasteiger partial charge is 0.380 e. The van der Waals surface area contributed by atoms with Gasteiger partial charge in [0, 0.05) is 38.0 Å². The van der Waals surface area contributed by atoms with Crippen LogP contribution in [0.5, 0.6) is 0 Å². The van der Waals surface area contributed by atoms with Crippen LogP contribution in [0.2, 0.25) is 0 Å². The van der Waals surface area contributed by atoms with Crippen molar-refractivity contribution in [2.24, 2.45) is 0 Å². The molecule has 0 fully saturated rings. The maximum Gasteiger partial charge on any atom is 0.254 e. The molecular formula is C15H25N3O2. The summed E-state index contributed by atoms with van der Waals surface area (Å²) in [5.74, 6) is 0.771. The molecule has 0 spiro atoms. The highest BCUT2D eigenvalue weighted by Crippen LogP contribution is 2.10. The molecule has 1 aromatic heterocycles. The van der Waals surface area contributed by atoms with Crippen LogP contribution in [-0.2, 0) is 4.74 Å². The molecule has 1 amide bonds. The van der Waals surface area contributed by atoms with Crippen LogP contribution in [0.1, 0.15) is 37.6 Å². The van der Waals surface area contributed by atoms with Crippen LogP contribution in [0, 0.1) is 0 Å². The average molecular weight is 279 g/mol. The van der Waals surface area contributed by atoms with E-state index in [0.717, 1.165) is 18.8 Å². The second kappa shape index (κ2) is 9.31. The van der Waals surface area contributed by atoms with Crippen molar-refractivity contribution in [3.05, 3.63) is 23.9 Å². The van der Waals surface area contributed by atoms with Crippen LogP contribution in [0.15, 0.2) is 18.3 Å². The van der Waals surface area contributed by atoms with Gasteiger partial charge >= 0.3 is 0 Å². The summed E-state index contributed by atoms with van der Waals surface area (Å²) in [7, 11) is 0. The van der Waals surface area contributed by atoms with E-state index < -0.39 is 0 Å². The molecule has 20 heavy (non-hydrogen) atoms. The second-order valence-corrected chi connectivity index (χ2v) is 4.44. The molecule has 0 radical (unpaired) electrons. The molecule has 0 bridgehead atoms. The van der Waals surface area contributed by atoms with E-state index in [1.165, 1.54) is 0 Å². The molecule has 1 heterocycles. The first kappa shape index (κ1) is 16.4. The van der Waals surface area contributed by atoms with Crippen LogP contribution in [-0.4, -0.2) is 48.6 Å². The van der Waals surface area contributed by atoms with E-state index in [-0.39, 0.29) is 5.91 Å². The minimum Gasteiger partial charge on any atom is -0.380 e. The number of hydrogen-bond donors (Lipinski definition) is 1.